The van der Waals surface area contributed by atoms with Crippen LogP contribution in [0.4, 0.5) is 0 Å². The number of hydrogen-bond donors (Lipinski definition) is 1. The molecule has 0 saturated heterocycles. The molecule has 3 rings (SSSR count). The van der Waals surface area contributed by atoms with Crippen LogP contribution < -0.4 is 10.1 Å². The number of nitrogens with zero attached hydrogens (tertiary/aromatic N) is 2. The number of hydrazone groups is 1. The van der Waals surface area contributed by atoms with Gasteiger partial charge in [-0.15, -0.1) is 0 Å². The molecule has 0 aliphatic heterocycles. The Bertz CT molecular complexity index is 894. The molecule has 0 atom stereocenters. The van der Waals surface area contributed by atoms with Gasteiger partial charge in [-0.05, 0) is 61.2 Å². The van der Waals surface area contributed by atoms with Gasteiger partial charge in [0.2, 0.25) is 12.3 Å². The van der Waals surface area contributed by atoms with Crippen LogP contribution in [0.3, 0.4) is 0 Å². The van der Waals surface area contributed by atoms with Gasteiger partial charge in [0, 0.05) is 11.6 Å². The van der Waals surface area contributed by atoms with Crippen molar-refractivity contribution in [2.45, 2.75) is 25.8 Å². The van der Waals surface area contributed by atoms with Crippen LogP contribution in [-0.2, 0) is 22.4 Å². The Morgan fingerprint density at radius 2 is 1.83 bits per heavy atom. The second-order valence-corrected chi connectivity index (χ2v) is 6.86. The number of methoxy groups -OCH3 is 1. The summed E-state index contributed by atoms with van der Waals surface area (Å²) in [7, 11) is 1.60. The summed E-state index contributed by atoms with van der Waals surface area (Å²) in [6.45, 7) is 1.74. The first-order chi connectivity index (χ1) is 14.1. The summed E-state index contributed by atoms with van der Waals surface area (Å²) in [4.78, 5) is 24.0. The first-order valence-electron chi connectivity index (χ1n) is 9.56. The van der Waals surface area contributed by atoms with E-state index in [1.165, 1.54) is 11.1 Å². The van der Waals surface area contributed by atoms with Crippen LogP contribution >= 0.6 is 0 Å². The van der Waals surface area contributed by atoms with E-state index >= 15 is 0 Å². The van der Waals surface area contributed by atoms with E-state index in [0.717, 1.165) is 29.2 Å². The molecule has 1 aliphatic rings. The van der Waals surface area contributed by atoms with Crippen molar-refractivity contribution >= 4 is 18.0 Å². The molecule has 2 aromatic rings. The summed E-state index contributed by atoms with van der Waals surface area (Å²) in [5.74, 6) is 0.506. The lowest BCUT2D eigenvalue weighted by molar-refractivity contribution is -0.128. The fourth-order valence-electron chi connectivity index (χ4n) is 3.42. The highest BCUT2D eigenvalue weighted by Gasteiger charge is 2.23. The minimum absolute atomic E-state index is 0.0500. The zero-order valence-corrected chi connectivity index (χ0v) is 16.7. The van der Waals surface area contributed by atoms with Crippen LogP contribution in [-0.4, -0.2) is 42.7 Å². The van der Waals surface area contributed by atoms with Gasteiger partial charge in [0.1, 0.15) is 12.3 Å². The third kappa shape index (κ3) is 5.31. The smallest absolute Gasteiger partial charge is 0.242 e. The minimum Gasteiger partial charge on any atom is -0.497 e. The lowest BCUT2D eigenvalue weighted by atomic mass is 10.1. The van der Waals surface area contributed by atoms with E-state index in [1.54, 1.807) is 13.2 Å². The van der Waals surface area contributed by atoms with Crippen molar-refractivity contribution in [1.29, 1.82) is 0 Å². The fraction of sp³-hybridized carbons (Fsp3) is 0.261. The summed E-state index contributed by atoms with van der Waals surface area (Å²) in [5.41, 5.74) is 3.93. The second kappa shape index (κ2) is 9.68. The van der Waals surface area contributed by atoms with Crippen molar-refractivity contribution in [3.8, 4) is 5.75 Å². The van der Waals surface area contributed by atoms with Crippen molar-refractivity contribution in [2.75, 3.05) is 13.7 Å². The molecule has 2 amide bonds. The average molecular weight is 391 g/mol. The quantitative estimate of drug-likeness (QED) is 0.427. The van der Waals surface area contributed by atoms with Gasteiger partial charge in [0.05, 0.1) is 12.8 Å². The van der Waals surface area contributed by atoms with Gasteiger partial charge in [-0.25, -0.2) is 5.01 Å². The van der Waals surface area contributed by atoms with Crippen molar-refractivity contribution in [3.63, 3.8) is 0 Å². The molecule has 6 nitrogen and oxygen atoms in total. The lowest BCUT2D eigenvalue weighted by Gasteiger charge is -2.16. The molecule has 2 aromatic carbocycles. The Morgan fingerprint density at radius 1 is 1.17 bits per heavy atom. The molecule has 0 bridgehead atoms. The van der Waals surface area contributed by atoms with Gasteiger partial charge in [-0.2, -0.15) is 5.10 Å². The lowest BCUT2D eigenvalue weighted by Crippen LogP contribution is -2.41. The molecular formula is C23H25N3O3. The van der Waals surface area contributed by atoms with E-state index in [1.807, 2.05) is 49.4 Å². The minimum atomic E-state index is -0.229. The first-order valence-corrected chi connectivity index (χ1v) is 9.56. The molecule has 1 N–H and O–H groups in total. The molecule has 0 heterocycles. The molecule has 6 heteroatoms. The number of benzene rings is 2. The Labute approximate surface area is 170 Å². The third-order valence-electron chi connectivity index (χ3n) is 4.79. The number of allylic oxidation sites excluding steroid dienone is 2. The standard InChI is InChI=1S/C23H25N3O3/c1-3-6-22(17-9-11-21(29-2)12-10-17)25-26(16-27)15-23(28)24-20-13-18-7-4-5-8-19(18)14-20/h3-12,16,20H,13-15H2,1-2H3,(H,24,28)/b6-3-,25-22+. The molecular weight excluding hydrogens is 366 g/mol. The van der Waals surface area contributed by atoms with E-state index in [0.29, 0.717) is 12.1 Å². The van der Waals surface area contributed by atoms with Gasteiger partial charge >= 0.3 is 0 Å². The molecule has 0 radical (unpaired) electrons. The summed E-state index contributed by atoms with van der Waals surface area (Å²) in [6.07, 6.45) is 5.81. The molecule has 150 valence electrons. The van der Waals surface area contributed by atoms with Gasteiger partial charge in [0.15, 0.2) is 0 Å². The van der Waals surface area contributed by atoms with Crippen LogP contribution in [0.2, 0.25) is 0 Å². The van der Waals surface area contributed by atoms with Crippen molar-refractivity contribution in [3.05, 3.63) is 77.4 Å². The largest absolute Gasteiger partial charge is 0.497 e. The van der Waals surface area contributed by atoms with Crippen LogP contribution in [0.15, 0.2) is 65.8 Å². The Hall–Kier alpha value is -3.41. The van der Waals surface area contributed by atoms with Crippen LogP contribution in [0.25, 0.3) is 0 Å². The predicted octanol–water partition coefficient (Wildman–Crippen LogP) is 2.72. The van der Waals surface area contributed by atoms with Gasteiger partial charge in [-0.1, -0.05) is 30.3 Å². The SMILES string of the molecule is C/C=C\C(=N/N(C=O)CC(=O)NC1Cc2ccccc2C1)c1ccc(OC)cc1. The molecule has 1 aliphatic carbocycles. The molecule has 0 fully saturated rings. The predicted molar refractivity (Wildman–Crippen MR) is 113 cm³/mol. The average Bonchev–Trinajstić information content (AvgIpc) is 3.15. The number of hydrogen-bond acceptors (Lipinski definition) is 4. The van der Waals surface area contributed by atoms with E-state index in [4.69, 9.17) is 4.74 Å². The number of rotatable bonds is 8. The number of ether oxygens (including phenoxy) is 1. The number of nitrogens with one attached hydrogen (secondary N) is 1. The summed E-state index contributed by atoms with van der Waals surface area (Å²) < 4.78 is 5.17. The molecule has 0 aromatic heterocycles. The van der Waals surface area contributed by atoms with E-state index in [-0.39, 0.29) is 18.5 Å². The summed E-state index contributed by atoms with van der Waals surface area (Å²) >= 11 is 0. The Kier molecular flexibility index (Phi) is 6.79. The van der Waals surface area contributed by atoms with Gasteiger partial charge < -0.3 is 10.1 Å². The first kappa shape index (κ1) is 20.3. The second-order valence-electron chi connectivity index (χ2n) is 6.86. The zero-order chi connectivity index (χ0) is 20.6. The van der Waals surface area contributed by atoms with Crippen molar-refractivity contribution in [2.24, 2.45) is 5.10 Å². The summed E-state index contributed by atoms with van der Waals surface area (Å²) in [5, 5.41) is 8.49. The van der Waals surface area contributed by atoms with Crippen molar-refractivity contribution in [1.82, 2.24) is 10.3 Å². The van der Waals surface area contributed by atoms with Gasteiger partial charge in [0.25, 0.3) is 0 Å². The maximum absolute atomic E-state index is 12.5. The summed E-state index contributed by atoms with van der Waals surface area (Å²) in [6, 6.07) is 15.6. The Balaban J connectivity index is 1.65. The maximum atomic E-state index is 12.5. The fourth-order valence-corrected chi connectivity index (χ4v) is 3.42. The number of amides is 2. The van der Waals surface area contributed by atoms with Crippen LogP contribution in [0.5, 0.6) is 5.75 Å². The van der Waals surface area contributed by atoms with Crippen LogP contribution in [0.1, 0.15) is 23.6 Å². The molecule has 0 saturated carbocycles. The monoisotopic (exact) mass is 391 g/mol. The van der Waals surface area contributed by atoms with Gasteiger partial charge in [-0.3, -0.25) is 9.59 Å². The van der Waals surface area contributed by atoms with Crippen molar-refractivity contribution < 1.29 is 14.3 Å². The highest BCUT2D eigenvalue weighted by Crippen LogP contribution is 2.21. The number of fused-ring (bicyclic) bond motifs is 1. The maximum Gasteiger partial charge on any atom is 0.242 e. The third-order valence-corrected chi connectivity index (χ3v) is 4.79. The zero-order valence-electron chi connectivity index (χ0n) is 16.7. The molecule has 0 unspecified atom stereocenters. The highest BCUT2D eigenvalue weighted by molar-refractivity contribution is 6.08. The van der Waals surface area contributed by atoms with E-state index < -0.39 is 0 Å². The topological polar surface area (TPSA) is 71.0 Å². The number of carbonyl (C=O) groups is 2. The van der Waals surface area contributed by atoms with E-state index in [2.05, 4.69) is 22.6 Å². The van der Waals surface area contributed by atoms with Crippen LogP contribution in [0, 0.1) is 0 Å². The van der Waals surface area contributed by atoms with E-state index in [9.17, 15) is 9.59 Å². The Morgan fingerprint density at radius 3 is 2.38 bits per heavy atom. The number of carbonyl (C=O) groups excluding carboxylic acids is 2. The normalized spacial score (nSPS) is 13.9. The molecule has 29 heavy (non-hydrogen) atoms. The molecule has 0 spiro atoms. The highest BCUT2D eigenvalue weighted by atomic mass is 16.5.